The van der Waals surface area contributed by atoms with E-state index in [0.717, 1.165) is 16.5 Å². The third kappa shape index (κ3) is 34.7. The fourth-order valence-corrected chi connectivity index (χ4v) is 2.66. The molecule has 252 valence electrons. The van der Waals surface area contributed by atoms with E-state index in [1.807, 2.05) is 24.3 Å². The van der Waals surface area contributed by atoms with Crippen molar-refractivity contribution in [2.24, 2.45) is 0 Å². The first-order valence-electron chi connectivity index (χ1n) is 14.0. The highest BCUT2D eigenvalue weighted by atomic mass is 32.1. The topological polar surface area (TPSA) is 183 Å². The molecule has 0 aliphatic carbocycles. The van der Waals surface area contributed by atoms with E-state index in [2.05, 4.69) is 19.2 Å². The maximum absolute atomic E-state index is 10.0. The van der Waals surface area contributed by atoms with Gasteiger partial charge >= 0.3 is 5.97 Å². The molecule has 0 saturated heterocycles. The molecule has 1 rings (SSSR count). The average Bonchev–Trinajstić information content (AvgIpc) is 3.00. The van der Waals surface area contributed by atoms with Crippen molar-refractivity contribution in [1.82, 2.24) is 0 Å². The van der Waals surface area contributed by atoms with Gasteiger partial charge in [-0.1, -0.05) is 18.7 Å². The molecular formula is C29H52O13S. The summed E-state index contributed by atoms with van der Waals surface area (Å²) in [6.45, 7) is 12.0. The molecule has 1 aromatic carbocycles. The number of aliphatic carboxylic acids is 1. The Hall–Kier alpha value is -1.66. The minimum absolute atomic E-state index is 0.00667. The second kappa shape index (κ2) is 33.2. The van der Waals surface area contributed by atoms with Crippen molar-refractivity contribution in [1.29, 1.82) is 0 Å². The average molecular weight is 641 g/mol. The van der Waals surface area contributed by atoms with Crippen molar-refractivity contribution in [3.8, 4) is 0 Å². The van der Waals surface area contributed by atoms with Crippen LogP contribution in [0.1, 0.15) is 25.5 Å². The van der Waals surface area contributed by atoms with Crippen LogP contribution in [0.3, 0.4) is 0 Å². The van der Waals surface area contributed by atoms with Crippen LogP contribution in [0.5, 0.6) is 0 Å². The van der Waals surface area contributed by atoms with Crippen LogP contribution in [0.4, 0.5) is 0 Å². The lowest BCUT2D eigenvalue weighted by Crippen LogP contribution is -2.19. The molecule has 13 nitrogen and oxygen atoms in total. The Kier molecular flexibility index (Phi) is 33.6. The predicted octanol–water partition coefficient (Wildman–Crippen LogP) is 1.12. The number of carboxylic acids is 1. The van der Waals surface area contributed by atoms with E-state index in [-0.39, 0.29) is 25.9 Å². The summed E-state index contributed by atoms with van der Waals surface area (Å²) in [6.07, 6.45) is -0.434. The minimum Gasteiger partial charge on any atom is -0.478 e. The first-order chi connectivity index (χ1) is 20.7. The van der Waals surface area contributed by atoms with Crippen molar-refractivity contribution in [2.75, 3.05) is 99.1 Å². The van der Waals surface area contributed by atoms with E-state index in [0.29, 0.717) is 79.3 Å². The molecule has 0 saturated carbocycles. The first-order valence-corrected chi connectivity index (χ1v) is 14.4. The molecule has 3 unspecified atom stereocenters. The SMILES string of the molecule is C=CC(=O)O.CC(O)COC(C)CO.OCCOCCOCCOCCOCCOCCOCC(O)c1ccc(S)cc1. The van der Waals surface area contributed by atoms with E-state index in [9.17, 15) is 9.90 Å². The van der Waals surface area contributed by atoms with Crippen molar-refractivity contribution >= 4 is 18.6 Å². The molecule has 0 spiro atoms. The number of ether oxygens (including phenoxy) is 7. The molecule has 0 aromatic heterocycles. The molecule has 14 heteroatoms. The Morgan fingerprint density at radius 1 is 0.767 bits per heavy atom. The zero-order valence-corrected chi connectivity index (χ0v) is 26.3. The second-order valence-electron chi connectivity index (χ2n) is 8.69. The number of thiol groups is 1. The van der Waals surface area contributed by atoms with Gasteiger partial charge in [-0.25, -0.2) is 4.79 Å². The molecule has 0 heterocycles. The third-order valence-corrected chi connectivity index (χ3v) is 5.00. The molecule has 0 aliphatic heterocycles. The maximum atomic E-state index is 10.0. The third-order valence-electron chi connectivity index (χ3n) is 4.70. The van der Waals surface area contributed by atoms with Gasteiger partial charge in [0.15, 0.2) is 0 Å². The van der Waals surface area contributed by atoms with Crippen LogP contribution in [0.2, 0.25) is 0 Å². The van der Waals surface area contributed by atoms with Crippen molar-refractivity contribution in [3.05, 3.63) is 42.5 Å². The summed E-state index contributed by atoms with van der Waals surface area (Å²) in [5.41, 5.74) is 0.804. The lowest BCUT2D eigenvalue weighted by molar-refractivity contribution is -0.131. The van der Waals surface area contributed by atoms with Crippen LogP contribution in [0.15, 0.2) is 41.8 Å². The number of hydrogen-bond acceptors (Lipinski definition) is 13. The predicted molar refractivity (Wildman–Crippen MR) is 163 cm³/mol. The standard InChI is InChI=1S/C20H34O8S.C6H14O3.C3H4O2/c21-5-6-23-7-8-24-9-10-25-11-12-26-13-14-27-15-16-28-17-20(22)18-1-3-19(29)4-2-18;1-5(8)4-9-6(2)3-7;1-2-3(4)5/h1-4,20-22,29H,5-17H2;5-8H,3-4H2,1-2H3;2H,1H2,(H,4,5). The van der Waals surface area contributed by atoms with Crippen LogP contribution < -0.4 is 0 Å². The van der Waals surface area contributed by atoms with Crippen LogP contribution >= 0.6 is 12.6 Å². The van der Waals surface area contributed by atoms with Crippen molar-refractivity contribution < 1.29 is 63.5 Å². The van der Waals surface area contributed by atoms with Crippen LogP contribution in [-0.2, 0) is 38.0 Å². The Morgan fingerprint density at radius 2 is 1.16 bits per heavy atom. The van der Waals surface area contributed by atoms with E-state index >= 15 is 0 Å². The molecule has 0 aliphatic rings. The smallest absolute Gasteiger partial charge is 0.327 e. The number of aliphatic hydroxyl groups is 4. The number of carbonyl (C=O) groups is 1. The molecular weight excluding hydrogens is 588 g/mol. The normalized spacial score (nSPS) is 12.7. The highest BCUT2D eigenvalue weighted by molar-refractivity contribution is 7.80. The summed E-state index contributed by atoms with van der Waals surface area (Å²) in [5.74, 6) is -0.981. The van der Waals surface area contributed by atoms with Crippen molar-refractivity contribution in [3.63, 3.8) is 0 Å². The Morgan fingerprint density at radius 3 is 1.51 bits per heavy atom. The summed E-state index contributed by atoms with van der Waals surface area (Å²) in [4.78, 5) is 10.1. The van der Waals surface area contributed by atoms with Gasteiger partial charge in [-0.3, -0.25) is 0 Å². The number of carboxylic acid groups (broad SMARTS) is 1. The zero-order chi connectivity index (χ0) is 32.6. The van der Waals surface area contributed by atoms with Gasteiger partial charge in [0.05, 0.1) is 111 Å². The second-order valence-corrected chi connectivity index (χ2v) is 9.20. The maximum Gasteiger partial charge on any atom is 0.327 e. The molecule has 0 bridgehead atoms. The summed E-state index contributed by atoms with van der Waals surface area (Å²) < 4.78 is 36.9. The number of benzene rings is 1. The molecule has 1 aromatic rings. The van der Waals surface area contributed by atoms with Crippen LogP contribution in [0, 0.1) is 0 Å². The van der Waals surface area contributed by atoms with Crippen molar-refractivity contribution in [2.45, 2.75) is 37.1 Å². The Labute approximate surface area is 260 Å². The molecule has 0 fully saturated rings. The quantitative estimate of drug-likeness (QED) is 0.0509. The molecule has 3 atom stereocenters. The molecule has 0 amide bonds. The van der Waals surface area contributed by atoms with Gasteiger partial charge in [0.25, 0.3) is 0 Å². The van der Waals surface area contributed by atoms with Crippen LogP contribution in [0.25, 0.3) is 0 Å². The van der Waals surface area contributed by atoms with E-state index in [1.165, 1.54) is 0 Å². The Balaban J connectivity index is 0. The van der Waals surface area contributed by atoms with Gasteiger partial charge in [-0.15, -0.1) is 12.6 Å². The monoisotopic (exact) mass is 640 g/mol. The summed E-state index contributed by atoms with van der Waals surface area (Å²) in [5, 5.41) is 43.3. The fourth-order valence-electron chi connectivity index (χ4n) is 2.51. The largest absolute Gasteiger partial charge is 0.478 e. The summed E-state index contributed by atoms with van der Waals surface area (Å²) in [6, 6.07) is 7.33. The van der Waals surface area contributed by atoms with Gasteiger partial charge in [0.1, 0.15) is 6.10 Å². The molecule has 0 radical (unpaired) electrons. The van der Waals surface area contributed by atoms with E-state index in [1.54, 1.807) is 13.8 Å². The van der Waals surface area contributed by atoms with E-state index < -0.39 is 18.2 Å². The van der Waals surface area contributed by atoms with Gasteiger partial charge in [-0.2, -0.15) is 0 Å². The van der Waals surface area contributed by atoms with Gasteiger partial charge in [-0.05, 0) is 31.5 Å². The highest BCUT2D eigenvalue weighted by Gasteiger charge is 2.07. The minimum atomic E-state index is -0.981. The summed E-state index contributed by atoms with van der Waals surface area (Å²) >= 11 is 4.21. The zero-order valence-electron chi connectivity index (χ0n) is 25.4. The highest BCUT2D eigenvalue weighted by Crippen LogP contribution is 2.15. The lowest BCUT2D eigenvalue weighted by Gasteiger charge is -2.12. The number of hydrogen-bond donors (Lipinski definition) is 6. The Bertz CT molecular complexity index is 738. The molecule has 43 heavy (non-hydrogen) atoms. The lowest BCUT2D eigenvalue weighted by atomic mass is 10.1. The van der Waals surface area contributed by atoms with Gasteiger partial charge in [0.2, 0.25) is 0 Å². The summed E-state index contributed by atoms with van der Waals surface area (Å²) in [7, 11) is 0. The molecule has 5 N–H and O–H groups in total. The van der Waals surface area contributed by atoms with Gasteiger partial charge in [0, 0.05) is 11.0 Å². The first kappa shape index (κ1) is 43.5. The van der Waals surface area contributed by atoms with E-state index in [4.69, 9.17) is 53.6 Å². The fraction of sp³-hybridized carbons (Fsp3) is 0.690. The number of aliphatic hydroxyl groups excluding tert-OH is 4. The van der Waals surface area contributed by atoms with Gasteiger partial charge < -0.3 is 58.7 Å². The van der Waals surface area contributed by atoms with Crippen LogP contribution in [-0.4, -0.2) is 143 Å². The number of rotatable bonds is 25.